The molecular formula is C37H61BrN8O8. The standard InChI is InChI=1S/C18H28N4O4.C13H21BrN4O2.C5H8O2.CH4/c1-3-25-16(24)9-8-15-12(2)20-18(19)22-17(15)21-13-4-6-14(7-5-13)26-11-10-23;1-8-11(14)12(18-13(15)16-8)17-9-2-4-10(5-3-9)20-7-6-19;1-3-5(6)7-4-2;/h8-9,13-14,23H,3-7,10-11H2,1-2H3,(H3,19,20,21,22);9-10,19H,2-7H2,1H3,(H3,15,16,17,18);3H,1,4H2,2H3;1H4/b9-8+;;;. The zero-order chi connectivity index (χ0) is 39.2. The molecule has 0 bridgehead atoms. The minimum Gasteiger partial charge on any atom is -0.463 e. The minimum atomic E-state index is -0.406. The van der Waals surface area contributed by atoms with Gasteiger partial charge in [-0.15, -0.1) is 0 Å². The van der Waals surface area contributed by atoms with Crippen molar-refractivity contribution in [2.24, 2.45) is 0 Å². The summed E-state index contributed by atoms with van der Waals surface area (Å²) in [5.41, 5.74) is 13.7. The van der Waals surface area contributed by atoms with Crippen LogP contribution in [0.2, 0.25) is 0 Å². The van der Waals surface area contributed by atoms with E-state index < -0.39 is 5.97 Å². The van der Waals surface area contributed by atoms with Gasteiger partial charge in [-0.1, -0.05) is 14.0 Å². The van der Waals surface area contributed by atoms with Crippen LogP contribution in [0.3, 0.4) is 0 Å². The van der Waals surface area contributed by atoms with Crippen LogP contribution in [-0.4, -0.2) is 106 Å². The van der Waals surface area contributed by atoms with Gasteiger partial charge in [0, 0.05) is 29.8 Å². The maximum Gasteiger partial charge on any atom is 0.330 e. The number of anilines is 4. The Kier molecular flexibility index (Phi) is 23.9. The fourth-order valence-corrected chi connectivity index (χ4v) is 6.00. The SMILES string of the molecule is C.C=CC(=O)OCC.CCOC(=O)/C=C/c1c(C)nc(N)nc1NC1CCC(OCCO)CC1.Cc1nc(N)nc(NC2CCC(OCCO)CC2)c1Br. The summed E-state index contributed by atoms with van der Waals surface area (Å²) in [6.45, 7) is 12.1. The molecule has 8 N–H and O–H groups in total. The summed E-state index contributed by atoms with van der Waals surface area (Å²) in [6.07, 6.45) is 12.4. The van der Waals surface area contributed by atoms with Crippen molar-refractivity contribution in [3.05, 3.63) is 40.2 Å². The lowest BCUT2D eigenvalue weighted by Gasteiger charge is -2.29. The second kappa shape index (κ2) is 26.8. The summed E-state index contributed by atoms with van der Waals surface area (Å²) in [4.78, 5) is 38.5. The van der Waals surface area contributed by atoms with E-state index in [2.05, 4.69) is 57.8 Å². The highest BCUT2D eigenvalue weighted by Crippen LogP contribution is 2.29. The number of hydrogen-bond acceptors (Lipinski definition) is 16. The first-order chi connectivity index (χ1) is 25.4. The molecule has 2 aromatic heterocycles. The van der Waals surface area contributed by atoms with Gasteiger partial charge in [0.25, 0.3) is 0 Å². The normalized spacial score (nSPS) is 19.2. The Balaban J connectivity index is 0.000000462. The Morgan fingerprint density at radius 2 is 1.22 bits per heavy atom. The molecule has 2 aliphatic carbocycles. The van der Waals surface area contributed by atoms with Crippen LogP contribution in [0.4, 0.5) is 23.5 Å². The fourth-order valence-electron chi connectivity index (χ4n) is 5.71. The maximum atomic E-state index is 11.6. The summed E-state index contributed by atoms with van der Waals surface area (Å²) >= 11 is 3.49. The van der Waals surface area contributed by atoms with Gasteiger partial charge >= 0.3 is 11.9 Å². The van der Waals surface area contributed by atoms with Crippen LogP contribution in [0.25, 0.3) is 6.08 Å². The lowest BCUT2D eigenvalue weighted by molar-refractivity contribution is -0.138. The van der Waals surface area contributed by atoms with E-state index in [-0.39, 0.29) is 56.8 Å². The lowest BCUT2D eigenvalue weighted by Crippen LogP contribution is -2.31. The van der Waals surface area contributed by atoms with Crippen LogP contribution in [0.5, 0.6) is 0 Å². The molecule has 0 spiro atoms. The number of nitrogens with one attached hydrogen (secondary N) is 2. The second-order valence-corrected chi connectivity index (χ2v) is 13.0. The monoisotopic (exact) mass is 824 g/mol. The molecule has 2 heterocycles. The average molecular weight is 826 g/mol. The predicted octanol–water partition coefficient (Wildman–Crippen LogP) is 4.91. The number of carbonyl (C=O) groups is 2. The van der Waals surface area contributed by atoms with E-state index in [1.54, 1.807) is 19.9 Å². The van der Waals surface area contributed by atoms with Gasteiger partial charge < -0.3 is 51.3 Å². The summed E-state index contributed by atoms with van der Waals surface area (Å²) in [5.74, 6) is 1.09. The van der Waals surface area contributed by atoms with Crippen LogP contribution in [0, 0.1) is 13.8 Å². The van der Waals surface area contributed by atoms with E-state index in [0.717, 1.165) is 79.0 Å². The quantitative estimate of drug-likeness (QED) is 0.103. The number of ether oxygens (including phenoxy) is 4. The summed E-state index contributed by atoms with van der Waals surface area (Å²) < 4.78 is 21.4. The number of rotatable bonds is 15. The second-order valence-electron chi connectivity index (χ2n) is 12.2. The van der Waals surface area contributed by atoms with Crippen molar-refractivity contribution in [3.8, 4) is 0 Å². The lowest BCUT2D eigenvalue weighted by atomic mass is 9.93. The molecule has 0 radical (unpaired) electrons. The Bertz CT molecular complexity index is 1450. The number of aliphatic hydroxyl groups is 2. The third-order valence-electron chi connectivity index (χ3n) is 8.23. The highest BCUT2D eigenvalue weighted by atomic mass is 79.9. The first kappa shape index (κ1) is 48.1. The molecule has 54 heavy (non-hydrogen) atoms. The van der Waals surface area contributed by atoms with Crippen LogP contribution in [0.1, 0.15) is 89.6 Å². The number of esters is 2. The number of carbonyl (C=O) groups excluding carboxylic acids is 2. The van der Waals surface area contributed by atoms with E-state index in [1.165, 1.54) is 6.08 Å². The molecule has 17 heteroatoms. The largest absolute Gasteiger partial charge is 0.463 e. The zero-order valence-electron chi connectivity index (χ0n) is 31.3. The topological polar surface area (TPSA) is 239 Å². The Labute approximate surface area is 328 Å². The third kappa shape index (κ3) is 18.0. The number of aliphatic hydroxyl groups excluding tert-OH is 2. The Morgan fingerprint density at radius 1 is 0.778 bits per heavy atom. The molecule has 4 rings (SSSR count). The summed E-state index contributed by atoms with van der Waals surface area (Å²) in [5, 5.41) is 24.5. The molecule has 0 atom stereocenters. The van der Waals surface area contributed by atoms with Gasteiger partial charge in [0.05, 0.1) is 67.7 Å². The van der Waals surface area contributed by atoms with Crippen molar-refractivity contribution < 1.29 is 38.7 Å². The smallest absolute Gasteiger partial charge is 0.330 e. The van der Waals surface area contributed by atoms with E-state index >= 15 is 0 Å². The zero-order valence-corrected chi connectivity index (χ0v) is 32.9. The number of nitrogens with zero attached hydrogens (tertiary/aromatic N) is 4. The van der Waals surface area contributed by atoms with E-state index in [4.69, 9.17) is 35.9 Å². The molecule has 16 nitrogen and oxygen atoms in total. The van der Waals surface area contributed by atoms with Crippen molar-refractivity contribution in [1.29, 1.82) is 0 Å². The molecule has 0 aromatic carbocycles. The van der Waals surface area contributed by atoms with Gasteiger partial charge in [0.15, 0.2) is 0 Å². The minimum absolute atomic E-state index is 0. The molecule has 2 aromatic rings. The Morgan fingerprint density at radius 3 is 1.67 bits per heavy atom. The van der Waals surface area contributed by atoms with Crippen LogP contribution in [0.15, 0.2) is 23.2 Å². The highest BCUT2D eigenvalue weighted by molar-refractivity contribution is 9.10. The van der Waals surface area contributed by atoms with Gasteiger partial charge in [-0.25, -0.2) is 19.6 Å². The van der Waals surface area contributed by atoms with Crippen molar-refractivity contribution in [2.75, 3.05) is 61.7 Å². The average Bonchev–Trinajstić information content (AvgIpc) is 3.13. The maximum absolute atomic E-state index is 11.6. The molecule has 2 fully saturated rings. The molecule has 0 unspecified atom stereocenters. The number of nitrogen functional groups attached to an aromatic ring is 2. The first-order valence-corrected chi connectivity index (χ1v) is 18.8. The fraction of sp³-hybridized carbons (Fsp3) is 0.622. The molecule has 0 saturated heterocycles. The van der Waals surface area contributed by atoms with Crippen molar-refractivity contribution in [1.82, 2.24) is 19.9 Å². The molecule has 0 aliphatic heterocycles. The third-order valence-corrected chi connectivity index (χ3v) is 9.18. The van der Waals surface area contributed by atoms with Gasteiger partial charge in [-0.2, -0.15) is 9.97 Å². The number of aryl methyl sites for hydroxylation is 2. The molecule has 2 saturated carbocycles. The first-order valence-electron chi connectivity index (χ1n) is 18.0. The van der Waals surface area contributed by atoms with Crippen molar-refractivity contribution >= 4 is 57.5 Å². The number of aromatic nitrogens is 4. The van der Waals surface area contributed by atoms with Gasteiger partial charge in [0.1, 0.15) is 11.6 Å². The number of nitrogens with two attached hydrogens (primary N) is 2. The van der Waals surface area contributed by atoms with Crippen LogP contribution >= 0.6 is 15.9 Å². The van der Waals surface area contributed by atoms with E-state index in [1.807, 2.05) is 13.8 Å². The van der Waals surface area contributed by atoms with Crippen LogP contribution in [-0.2, 0) is 28.5 Å². The van der Waals surface area contributed by atoms with E-state index in [9.17, 15) is 9.59 Å². The predicted molar refractivity (Wildman–Crippen MR) is 215 cm³/mol. The molecular weight excluding hydrogens is 764 g/mol. The molecule has 2 aliphatic rings. The van der Waals surface area contributed by atoms with Crippen molar-refractivity contribution in [2.45, 2.75) is 111 Å². The van der Waals surface area contributed by atoms with E-state index in [0.29, 0.717) is 44.0 Å². The molecule has 304 valence electrons. The van der Waals surface area contributed by atoms with Gasteiger partial charge in [-0.3, -0.25) is 0 Å². The number of hydrogen-bond donors (Lipinski definition) is 6. The molecule has 0 amide bonds. The Hall–Kier alpha value is -3.90. The summed E-state index contributed by atoms with van der Waals surface area (Å²) in [7, 11) is 0. The highest BCUT2D eigenvalue weighted by Gasteiger charge is 2.24. The van der Waals surface area contributed by atoms with Crippen molar-refractivity contribution in [3.63, 3.8) is 0 Å². The van der Waals surface area contributed by atoms with Gasteiger partial charge in [-0.05, 0) is 101 Å². The van der Waals surface area contributed by atoms with Crippen LogP contribution < -0.4 is 22.1 Å². The van der Waals surface area contributed by atoms with Gasteiger partial charge in [0.2, 0.25) is 11.9 Å². The number of halogens is 1. The summed E-state index contributed by atoms with van der Waals surface area (Å²) in [6, 6.07) is 0.612.